The Hall–Kier alpha value is -1.37. The van der Waals surface area contributed by atoms with Crippen molar-refractivity contribution in [3.8, 4) is 0 Å². The third-order valence-electron chi connectivity index (χ3n) is 5.13. The predicted octanol–water partition coefficient (Wildman–Crippen LogP) is 0.155. The molecule has 0 aromatic heterocycles. The lowest BCUT2D eigenvalue weighted by Gasteiger charge is -2.31. The van der Waals surface area contributed by atoms with Gasteiger partial charge in [-0.05, 0) is 24.7 Å². The molecule has 2 aliphatic carbocycles. The van der Waals surface area contributed by atoms with E-state index in [9.17, 15) is 23.1 Å². The number of hydrogen-bond acceptors (Lipinski definition) is 4. The van der Waals surface area contributed by atoms with Crippen molar-refractivity contribution in [3.63, 3.8) is 0 Å². The van der Waals surface area contributed by atoms with Crippen molar-refractivity contribution < 1.29 is 23.1 Å². The first-order valence-corrected chi connectivity index (χ1v) is 9.00. The van der Waals surface area contributed by atoms with Crippen molar-refractivity contribution >= 4 is 21.7 Å². The number of hydrogen-bond donors (Lipinski definition) is 1. The van der Waals surface area contributed by atoms with E-state index < -0.39 is 27.6 Å². The van der Waals surface area contributed by atoms with Gasteiger partial charge < -0.3 is 10.0 Å². The Morgan fingerprint density at radius 2 is 1.81 bits per heavy atom. The van der Waals surface area contributed by atoms with E-state index in [4.69, 9.17) is 0 Å². The number of amides is 1. The lowest BCUT2D eigenvalue weighted by Crippen LogP contribution is -2.46. The van der Waals surface area contributed by atoms with Crippen LogP contribution in [0.2, 0.25) is 0 Å². The van der Waals surface area contributed by atoms with Gasteiger partial charge in [-0.3, -0.25) is 9.59 Å². The fraction of sp³-hybridized carbons (Fsp3) is 0.714. The van der Waals surface area contributed by atoms with Gasteiger partial charge in [0.05, 0.1) is 23.3 Å². The molecule has 6 nitrogen and oxygen atoms in total. The number of allylic oxidation sites excluding steroid dienone is 2. The summed E-state index contributed by atoms with van der Waals surface area (Å²) in [5, 5.41) is 9.38. The number of rotatable bonds is 3. The van der Waals surface area contributed by atoms with Crippen LogP contribution in [0.5, 0.6) is 0 Å². The average Bonchev–Trinajstić information content (AvgIpc) is 3.09. The molecule has 1 N–H and O–H groups in total. The van der Waals surface area contributed by atoms with Crippen LogP contribution < -0.4 is 0 Å². The molecular formula is C14H19NO5S. The Bertz CT molecular complexity index is 611. The van der Waals surface area contributed by atoms with Crippen molar-refractivity contribution in [3.05, 3.63) is 12.2 Å². The van der Waals surface area contributed by atoms with Crippen LogP contribution in [-0.4, -0.2) is 54.9 Å². The Kier molecular flexibility index (Phi) is 3.35. The molecule has 3 aliphatic rings. The van der Waals surface area contributed by atoms with Crippen LogP contribution in [0.1, 0.15) is 12.8 Å². The maximum absolute atomic E-state index is 12.7. The molecule has 2 bridgehead atoms. The minimum absolute atomic E-state index is 0.0103. The summed E-state index contributed by atoms with van der Waals surface area (Å²) in [6.45, 7) is 0. The number of aliphatic carboxylic acids is 1. The highest BCUT2D eigenvalue weighted by molar-refractivity contribution is 7.91. The number of carbonyl (C=O) groups is 2. The molecule has 1 amide bonds. The van der Waals surface area contributed by atoms with Crippen LogP contribution in [0.4, 0.5) is 0 Å². The third-order valence-corrected chi connectivity index (χ3v) is 6.88. The molecule has 0 spiro atoms. The van der Waals surface area contributed by atoms with Crippen LogP contribution in [0, 0.1) is 23.7 Å². The van der Waals surface area contributed by atoms with Gasteiger partial charge >= 0.3 is 5.97 Å². The zero-order chi connectivity index (χ0) is 15.4. The highest BCUT2D eigenvalue weighted by Crippen LogP contribution is 2.48. The zero-order valence-electron chi connectivity index (χ0n) is 11.8. The maximum Gasteiger partial charge on any atom is 0.307 e. The first-order valence-electron chi connectivity index (χ1n) is 7.18. The molecule has 7 heteroatoms. The molecule has 1 saturated heterocycles. The highest BCUT2D eigenvalue weighted by atomic mass is 32.2. The van der Waals surface area contributed by atoms with Crippen LogP contribution in [0.3, 0.4) is 0 Å². The summed E-state index contributed by atoms with van der Waals surface area (Å²) in [6.07, 6.45) is 4.99. The molecule has 0 radical (unpaired) electrons. The maximum atomic E-state index is 12.7. The zero-order valence-corrected chi connectivity index (χ0v) is 12.6. The van der Waals surface area contributed by atoms with Crippen LogP contribution >= 0.6 is 0 Å². The molecule has 3 rings (SSSR count). The van der Waals surface area contributed by atoms with Crippen molar-refractivity contribution in [2.24, 2.45) is 23.7 Å². The number of sulfone groups is 1. The van der Waals surface area contributed by atoms with Gasteiger partial charge in [-0.2, -0.15) is 0 Å². The molecule has 1 heterocycles. The van der Waals surface area contributed by atoms with Gasteiger partial charge in [-0.1, -0.05) is 12.2 Å². The molecule has 1 aliphatic heterocycles. The number of nitrogens with zero attached hydrogens (tertiary/aromatic N) is 1. The van der Waals surface area contributed by atoms with E-state index in [-0.39, 0.29) is 35.3 Å². The van der Waals surface area contributed by atoms with Gasteiger partial charge in [-0.15, -0.1) is 0 Å². The van der Waals surface area contributed by atoms with Gasteiger partial charge in [0.1, 0.15) is 0 Å². The Labute approximate surface area is 123 Å². The molecule has 0 unspecified atom stereocenters. The number of fused-ring (bicyclic) bond motifs is 2. The Morgan fingerprint density at radius 1 is 1.19 bits per heavy atom. The van der Waals surface area contributed by atoms with Gasteiger partial charge in [0.2, 0.25) is 5.91 Å². The summed E-state index contributed by atoms with van der Waals surface area (Å²) in [5.41, 5.74) is 0. The van der Waals surface area contributed by atoms with Crippen LogP contribution in [-0.2, 0) is 19.4 Å². The standard InChI is InChI=1S/C14H19NO5S/c1-15(10-4-5-21(19,20)7-10)13(16)11-8-2-3-9(6-8)12(11)14(17)18/h2-3,8-12H,4-7H2,1H3,(H,17,18)/t8-,9+,10-,11-,12+/m1/s1. The lowest BCUT2D eigenvalue weighted by atomic mass is 9.82. The van der Waals surface area contributed by atoms with E-state index in [0.717, 1.165) is 0 Å². The third kappa shape index (κ3) is 2.37. The lowest BCUT2D eigenvalue weighted by molar-refractivity contribution is -0.151. The van der Waals surface area contributed by atoms with Crippen molar-refractivity contribution in [1.82, 2.24) is 4.90 Å². The first-order chi connectivity index (χ1) is 9.80. The second kappa shape index (κ2) is 4.83. The quantitative estimate of drug-likeness (QED) is 0.749. The highest BCUT2D eigenvalue weighted by Gasteiger charge is 2.53. The summed E-state index contributed by atoms with van der Waals surface area (Å²) in [4.78, 5) is 25.6. The van der Waals surface area contributed by atoms with E-state index in [0.29, 0.717) is 12.8 Å². The van der Waals surface area contributed by atoms with Gasteiger partial charge in [-0.25, -0.2) is 8.42 Å². The number of carboxylic acids is 1. The fourth-order valence-electron chi connectivity index (χ4n) is 3.99. The monoisotopic (exact) mass is 313 g/mol. The Balaban J connectivity index is 1.78. The van der Waals surface area contributed by atoms with Crippen molar-refractivity contribution in [2.45, 2.75) is 18.9 Å². The minimum Gasteiger partial charge on any atom is -0.481 e. The SMILES string of the molecule is CN(C(=O)[C@H]1[C@@H](C(=O)O)[C@H]2C=C[C@@H]1C2)[C@@H]1CCS(=O)(=O)C1. The second-order valence-electron chi connectivity index (χ2n) is 6.34. The van der Waals surface area contributed by atoms with E-state index in [2.05, 4.69) is 0 Å². The smallest absolute Gasteiger partial charge is 0.307 e. The van der Waals surface area contributed by atoms with E-state index in [1.807, 2.05) is 12.2 Å². The first kappa shape index (κ1) is 14.6. The molecule has 0 aromatic carbocycles. The second-order valence-corrected chi connectivity index (χ2v) is 8.57. The van der Waals surface area contributed by atoms with Crippen LogP contribution in [0.15, 0.2) is 12.2 Å². The van der Waals surface area contributed by atoms with Crippen molar-refractivity contribution in [1.29, 1.82) is 0 Å². The van der Waals surface area contributed by atoms with E-state index in [1.165, 1.54) is 4.90 Å². The summed E-state index contributed by atoms with van der Waals surface area (Å²) in [6, 6.07) is -0.319. The molecule has 116 valence electrons. The summed E-state index contributed by atoms with van der Waals surface area (Å²) in [7, 11) is -1.46. The van der Waals surface area contributed by atoms with Gasteiger partial charge in [0.15, 0.2) is 9.84 Å². The van der Waals surface area contributed by atoms with Gasteiger partial charge in [0.25, 0.3) is 0 Å². The van der Waals surface area contributed by atoms with Gasteiger partial charge in [0, 0.05) is 13.1 Å². The molecule has 21 heavy (non-hydrogen) atoms. The van der Waals surface area contributed by atoms with E-state index in [1.54, 1.807) is 7.05 Å². The normalized spacial score (nSPS) is 39.6. The molecule has 2 fully saturated rings. The predicted molar refractivity (Wildman–Crippen MR) is 75.2 cm³/mol. The molecule has 1 saturated carbocycles. The topological polar surface area (TPSA) is 91.8 Å². The molecular weight excluding hydrogens is 294 g/mol. The molecule has 0 aromatic rings. The molecule has 5 atom stereocenters. The summed E-state index contributed by atoms with van der Waals surface area (Å²) < 4.78 is 23.1. The van der Waals surface area contributed by atoms with Crippen molar-refractivity contribution in [2.75, 3.05) is 18.6 Å². The average molecular weight is 313 g/mol. The van der Waals surface area contributed by atoms with Crippen LogP contribution in [0.25, 0.3) is 0 Å². The van der Waals surface area contributed by atoms with E-state index >= 15 is 0 Å². The fourth-order valence-corrected chi connectivity index (χ4v) is 5.77. The number of carbonyl (C=O) groups excluding carboxylic acids is 1. The summed E-state index contributed by atoms with van der Waals surface area (Å²) in [5.74, 6) is -2.37. The number of carboxylic acid groups (broad SMARTS) is 1. The largest absolute Gasteiger partial charge is 0.481 e. The minimum atomic E-state index is -3.06. The Morgan fingerprint density at radius 3 is 2.33 bits per heavy atom. The summed E-state index contributed by atoms with van der Waals surface area (Å²) >= 11 is 0.